The second-order valence-corrected chi connectivity index (χ2v) is 8.54. The molecule has 0 bridgehead atoms. The van der Waals surface area contributed by atoms with Crippen molar-refractivity contribution in [2.75, 3.05) is 31.1 Å². The maximum Gasteiger partial charge on any atom is 0.271 e. The number of halogens is 1. The fraction of sp³-hybridized carbons (Fsp3) is 0.500. The first-order valence-electron chi connectivity index (χ1n) is 9.60. The molecule has 1 aromatic carbocycles. The molecule has 7 heteroatoms. The third kappa shape index (κ3) is 3.89. The number of thioether (sulfide) groups is 1. The summed E-state index contributed by atoms with van der Waals surface area (Å²) in [5.41, 5.74) is 0.750. The molecule has 1 aliphatic heterocycles. The molecule has 27 heavy (non-hydrogen) atoms. The maximum atomic E-state index is 13.9. The van der Waals surface area contributed by atoms with Crippen LogP contribution in [0.3, 0.4) is 0 Å². The summed E-state index contributed by atoms with van der Waals surface area (Å²) in [5.74, 6) is 1.79. The van der Waals surface area contributed by atoms with Crippen molar-refractivity contribution in [1.29, 1.82) is 0 Å². The van der Waals surface area contributed by atoms with Crippen LogP contribution < -0.4 is 5.32 Å². The normalized spacial score (nSPS) is 19.9. The van der Waals surface area contributed by atoms with E-state index in [0.29, 0.717) is 17.9 Å². The van der Waals surface area contributed by atoms with Gasteiger partial charge in [0, 0.05) is 42.9 Å². The topological polar surface area (TPSA) is 50.2 Å². The molecule has 2 heterocycles. The Morgan fingerprint density at radius 1 is 1.19 bits per heavy atom. The average molecular weight is 389 g/mol. The van der Waals surface area contributed by atoms with E-state index in [-0.39, 0.29) is 17.3 Å². The summed E-state index contributed by atoms with van der Waals surface area (Å²) in [5, 5.41) is 7.37. The number of carbonyl (C=O) groups excluding carboxylic acids is 1. The van der Waals surface area contributed by atoms with Crippen LogP contribution in [0.4, 0.5) is 4.39 Å². The van der Waals surface area contributed by atoms with Gasteiger partial charge in [-0.15, -0.1) is 0 Å². The molecule has 4 rings (SSSR count). The highest BCUT2D eigenvalue weighted by molar-refractivity contribution is 7.99. The van der Waals surface area contributed by atoms with Crippen LogP contribution in [0, 0.1) is 5.82 Å². The third-order valence-electron chi connectivity index (χ3n) is 5.72. The molecular weight excluding hydrogens is 363 g/mol. The van der Waals surface area contributed by atoms with Crippen molar-refractivity contribution in [3.8, 4) is 5.69 Å². The smallest absolute Gasteiger partial charge is 0.271 e. The SMILES string of the molecule is O=C(NCC1(N2CCSCC2)CCCC1)c1ccn(-c2ccccc2F)n1. The van der Waals surface area contributed by atoms with Gasteiger partial charge in [0.05, 0.1) is 0 Å². The van der Waals surface area contributed by atoms with Crippen molar-refractivity contribution in [3.63, 3.8) is 0 Å². The van der Waals surface area contributed by atoms with Gasteiger partial charge in [0.25, 0.3) is 5.91 Å². The summed E-state index contributed by atoms with van der Waals surface area (Å²) < 4.78 is 15.3. The van der Waals surface area contributed by atoms with E-state index in [0.717, 1.165) is 25.9 Å². The molecule has 0 atom stereocenters. The summed E-state index contributed by atoms with van der Waals surface area (Å²) in [7, 11) is 0. The third-order valence-corrected chi connectivity index (χ3v) is 6.66. The minimum absolute atomic E-state index is 0.0880. The summed E-state index contributed by atoms with van der Waals surface area (Å²) in [6.45, 7) is 2.86. The molecule has 2 fully saturated rings. The lowest BCUT2D eigenvalue weighted by Gasteiger charge is -2.43. The van der Waals surface area contributed by atoms with Crippen molar-refractivity contribution < 1.29 is 9.18 Å². The lowest BCUT2D eigenvalue weighted by molar-refractivity contribution is 0.0813. The van der Waals surface area contributed by atoms with Crippen LogP contribution in [-0.4, -0.2) is 57.3 Å². The van der Waals surface area contributed by atoms with E-state index >= 15 is 0 Å². The zero-order chi connectivity index (χ0) is 18.7. The van der Waals surface area contributed by atoms with Crippen LogP contribution in [0.5, 0.6) is 0 Å². The van der Waals surface area contributed by atoms with E-state index in [1.807, 2.05) is 11.8 Å². The van der Waals surface area contributed by atoms with Gasteiger partial charge in [-0.1, -0.05) is 25.0 Å². The zero-order valence-electron chi connectivity index (χ0n) is 15.4. The fourth-order valence-electron chi connectivity index (χ4n) is 4.23. The van der Waals surface area contributed by atoms with E-state index in [1.54, 1.807) is 30.5 Å². The van der Waals surface area contributed by atoms with Gasteiger partial charge in [0.2, 0.25) is 0 Å². The first-order valence-corrected chi connectivity index (χ1v) is 10.8. The van der Waals surface area contributed by atoms with Gasteiger partial charge in [0.1, 0.15) is 11.5 Å². The molecule has 1 N–H and O–H groups in total. The van der Waals surface area contributed by atoms with Crippen molar-refractivity contribution in [1.82, 2.24) is 20.0 Å². The highest BCUT2D eigenvalue weighted by Crippen LogP contribution is 2.36. The van der Waals surface area contributed by atoms with Crippen LogP contribution in [-0.2, 0) is 0 Å². The van der Waals surface area contributed by atoms with Crippen LogP contribution >= 0.6 is 11.8 Å². The quantitative estimate of drug-likeness (QED) is 0.855. The van der Waals surface area contributed by atoms with E-state index in [9.17, 15) is 9.18 Å². The molecule has 1 saturated heterocycles. The molecule has 0 spiro atoms. The summed E-state index contributed by atoms with van der Waals surface area (Å²) in [4.78, 5) is 15.2. The summed E-state index contributed by atoms with van der Waals surface area (Å²) >= 11 is 2.01. The standard InChI is InChI=1S/C20H25FN4OS/c21-16-5-1-2-6-18(16)25-10-7-17(23-25)19(26)22-15-20(8-3-4-9-20)24-11-13-27-14-12-24/h1-2,5-7,10H,3-4,8-9,11-15H2,(H,22,26). The molecule has 0 unspecified atom stereocenters. The zero-order valence-corrected chi connectivity index (χ0v) is 16.2. The molecule has 1 amide bonds. The highest BCUT2D eigenvalue weighted by Gasteiger charge is 2.40. The van der Waals surface area contributed by atoms with Gasteiger partial charge >= 0.3 is 0 Å². The Labute approximate surface area is 163 Å². The van der Waals surface area contributed by atoms with Crippen molar-refractivity contribution in [2.24, 2.45) is 0 Å². The second-order valence-electron chi connectivity index (χ2n) is 7.31. The molecule has 2 aromatic rings. The summed E-state index contributed by atoms with van der Waals surface area (Å²) in [6.07, 6.45) is 6.35. The van der Waals surface area contributed by atoms with Crippen LogP contribution in [0.25, 0.3) is 5.69 Å². The Bertz CT molecular complexity index is 797. The minimum Gasteiger partial charge on any atom is -0.349 e. The maximum absolute atomic E-state index is 13.9. The number of amides is 1. The molecule has 144 valence electrons. The van der Waals surface area contributed by atoms with Gasteiger partial charge in [-0.2, -0.15) is 16.9 Å². The van der Waals surface area contributed by atoms with E-state index in [2.05, 4.69) is 15.3 Å². The second kappa shape index (κ2) is 8.02. The van der Waals surface area contributed by atoms with Crippen LogP contribution in [0.1, 0.15) is 36.2 Å². The monoisotopic (exact) mass is 388 g/mol. The van der Waals surface area contributed by atoms with Crippen molar-refractivity contribution in [2.45, 2.75) is 31.2 Å². The predicted molar refractivity (Wildman–Crippen MR) is 106 cm³/mol. The lowest BCUT2D eigenvalue weighted by atomic mass is 9.94. The van der Waals surface area contributed by atoms with E-state index in [1.165, 1.54) is 35.1 Å². The number of para-hydroxylation sites is 1. The highest BCUT2D eigenvalue weighted by atomic mass is 32.2. The number of benzene rings is 1. The molecule has 1 saturated carbocycles. The molecule has 1 aromatic heterocycles. The van der Waals surface area contributed by atoms with Gasteiger partial charge in [0.15, 0.2) is 5.69 Å². The number of aromatic nitrogens is 2. The molecule has 5 nitrogen and oxygen atoms in total. The minimum atomic E-state index is -0.361. The van der Waals surface area contributed by atoms with Gasteiger partial charge in [-0.3, -0.25) is 9.69 Å². The number of nitrogens with one attached hydrogen (secondary N) is 1. The number of hydrogen-bond donors (Lipinski definition) is 1. The van der Waals surface area contributed by atoms with Gasteiger partial charge in [-0.25, -0.2) is 9.07 Å². The van der Waals surface area contributed by atoms with Crippen molar-refractivity contribution in [3.05, 3.63) is 48.0 Å². The Morgan fingerprint density at radius 3 is 2.67 bits per heavy atom. The first-order chi connectivity index (χ1) is 13.2. The number of hydrogen-bond acceptors (Lipinski definition) is 4. The Morgan fingerprint density at radius 2 is 1.93 bits per heavy atom. The van der Waals surface area contributed by atoms with Crippen molar-refractivity contribution >= 4 is 17.7 Å². The number of nitrogens with zero attached hydrogens (tertiary/aromatic N) is 3. The van der Waals surface area contributed by atoms with E-state index in [4.69, 9.17) is 0 Å². The summed E-state index contributed by atoms with van der Waals surface area (Å²) in [6, 6.07) is 8.06. The average Bonchev–Trinajstić information content (AvgIpc) is 3.38. The number of rotatable bonds is 5. The Kier molecular flexibility index (Phi) is 5.50. The largest absolute Gasteiger partial charge is 0.349 e. The molecule has 2 aliphatic rings. The molecular formula is C20H25FN4OS. The van der Waals surface area contributed by atoms with Gasteiger partial charge in [-0.05, 0) is 31.0 Å². The molecule has 1 aliphatic carbocycles. The predicted octanol–water partition coefficient (Wildman–Crippen LogP) is 3.10. The van der Waals surface area contributed by atoms with Crippen LogP contribution in [0.15, 0.2) is 36.5 Å². The first kappa shape index (κ1) is 18.5. The Balaban J connectivity index is 1.44. The van der Waals surface area contributed by atoms with E-state index < -0.39 is 0 Å². The number of carbonyl (C=O) groups is 1. The lowest BCUT2D eigenvalue weighted by Crippen LogP contribution is -2.56. The van der Waals surface area contributed by atoms with Gasteiger partial charge < -0.3 is 5.32 Å². The Hall–Kier alpha value is -1.86. The molecule has 0 radical (unpaired) electrons. The van der Waals surface area contributed by atoms with Crippen LogP contribution in [0.2, 0.25) is 0 Å². The fourth-order valence-corrected chi connectivity index (χ4v) is 5.13.